The second kappa shape index (κ2) is 8.55. The van der Waals surface area contributed by atoms with Crippen LogP contribution in [0.2, 0.25) is 0 Å². The molecule has 0 radical (unpaired) electrons. The predicted molar refractivity (Wildman–Crippen MR) is 110 cm³/mol. The zero-order valence-electron chi connectivity index (χ0n) is 17.3. The fourth-order valence-corrected chi connectivity index (χ4v) is 3.90. The Balaban J connectivity index is 1.63. The van der Waals surface area contributed by atoms with Crippen LogP contribution in [-0.2, 0) is 19.5 Å². The number of guanidine groups is 1. The van der Waals surface area contributed by atoms with Crippen LogP contribution in [0.1, 0.15) is 47.2 Å². The molecule has 0 saturated carbocycles. The molecule has 2 aromatic rings. The molecule has 0 aliphatic carbocycles. The van der Waals surface area contributed by atoms with Crippen LogP contribution in [0.5, 0.6) is 0 Å². The van der Waals surface area contributed by atoms with Crippen molar-refractivity contribution in [1.82, 2.24) is 25.4 Å². The van der Waals surface area contributed by atoms with Crippen molar-refractivity contribution in [3.8, 4) is 0 Å². The Morgan fingerprint density at radius 3 is 2.59 bits per heavy atom. The Hall–Kier alpha value is -2.37. The first-order valence-electron chi connectivity index (χ1n) is 9.95. The molecule has 0 spiro atoms. The molecule has 3 rings (SSSR count). The SMILES string of the molecule is CCNC(=NCc1c(C)cc(C)cc1C)NCC1CCc2nnc(C)n2C1. The van der Waals surface area contributed by atoms with E-state index in [2.05, 4.69) is 65.2 Å². The van der Waals surface area contributed by atoms with Gasteiger partial charge in [-0.2, -0.15) is 0 Å². The molecule has 2 heterocycles. The van der Waals surface area contributed by atoms with Crippen molar-refractivity contribution in [2.45, 2.75) is 60.5 Å². The van der Waals surface area contributed by atoms with Crippen LogP contribution in [0.4, 0.5) is 0 Å². The number of aliphatic imine (C=N–C) groups is 1. The molecule has 1 aliphatic heterocycles. The van der Waals surface area contributed by atoms with Crippen molar-refractivity contribution in [1.29, 1.82) is 0 Å². The lowest BCUT2D eigenvalue weighted by atomic mass is 9.99. The number of nitrogens with zero attached hydrogens (tertiary/aromatic N) is 4. The van der Waals surface area contributed by atoms with Crippen molar-refractivity contribution < 1.29 is 0 Å². The molecule has 1 atom stereocenters. The molecular weight excluding hydrogens is 336 g/mol. The first-order chi connectivity index (χ1) is 13.0. The van der Waals surface area contributed by atoms with E-state index in [9.17, 15) is 0 Å². The van der Waals surface area contributed by atoms with Gasteiger partial charge in [0.2, 0.25) is 0 Å². The smallest absolute Gasteiger partial charge is 0.191 e. The molecule has 1 unspecified atom stereocenters. The second-order valence-electron chi connectivity index (χ2n) is 7.63. The number of aromatic nitrogens is 3. The van der Waals surface area contributed by atoms with Gasteiger partial charge in [-0.1, -0.05) is 17.7 Å². The van der Waals surface area contributed by atoms with Gasteiger partial charge in [-0.3, -0.25) is 0 Å². The van der Waals surface area contributed by atoms with Gasteiger partial charge in [0.1, 0.15) is 11.6 Å². The Morgan fingerprint density at radius 2 is 1.89 bits per heavy atom. The standard InChI is InChI=1S/C21H32N6/c1-6-22-21(24-12-19-15(3)9-14(2)10-16(19)4)23-11-18-7-8-20-26-25-17(5)27(20)13-18/h9-10,18H,6-8,11-13H2,1-5H3,(H2,22,23,24). The maximum atomic E-state index is 4.83. The number of fused-ring (bicyclic) bond motifs is 1. The highest BCUT2D eigenvalue weighted by atomic mass is 15.3. The zero-order valence-corrected chi connectivity index (χ0v) is 17.3. The minimum atomic E-state index is 0.568. The predicted octanol–water partition coefficient (Wildman–Crippen LogP) is 2.83. The van der Waals surface area contributed by atoms with Crippen LogP contribution >= 0.6 is 0 Å². The van der Waals surface area contributed by atoms with E-state index in [-0.39, 0.29) is 0 Å². The average Bonchev–Trinajstić information content (AvgIpc) is 2.99. The number of nitrogens with one attached hydrogen (secondary N) is 2. The van der Waals surface area contributed by atoms with Gasteiger partial charge < -0.3 is 15.2 Å². The van der Waals surface area contributed by atoms with Gasteiger partial charge in [-0.05, 0) is 63.6 Å². The molecule has 1 aliphatic rings. The molecule has 0 bridgehead atoms. The van der Waals surface area contributed by atoms with Crippen LogP contribution in [0, 0.1) is 33.6 Å². The van der Waals surface area contributed by atoms with Crippen molar-refractivity contribution in [3.63, 3.8) is 0 Å². The molecule has 0 saturated heterocycles. The maximum absolute atomic E-state index is 4.83. The summed E-state index contributed by atoms with van der Waals surface area (Å²) in [6.07, 6.45) is 2.14. The van der Waals surface area contributed by atoms with Crippen LogP contribution in [0.25, 0.3) is 0 Å². The van der Waals surface area contributed by atoms with E-state index < -0.39 is 0 Å². The van der Waals surface area contributed by atoms with E-state index in [0.29, 0.717) is 12.5 Å². The number of rotatable bonds is 5. The summed E-state index contributed by atoms with van der Waals surface area (Å²) < 4.78 is 2.25. The maximum Gasteiger partial charge on any atom is 0.191 e. The molecule has 1 aromatic carbocycles. The summed E-state index contributed by atoms with van der Waals surface area (Å²) in [5.41, 5.74) is 5.26. The van der Waals surface area contributed by atoms with Gasteiger partial charge >= 0.3 is 0 Å². The first-order valence-corrected chi connectivity index (χ1v) is 9.95. The Labute approximate surface area is 162 Å². The highest BCUT2D eigenvalue weighted by molar-refractivity contribution is 5.79. The topological polar surface area (TPSA) is 67.1 Å². The van der Waals surface area contributed by atoms with Gasteiger partial charge in [-0.25, -0.2) is 4.99 Å². The Bertz CT molecular complexity index is 797. The lowest BCUT2D eigenvalue weighted by molar-refractivity contribution is 0.358. The van der Waals surface area contributed by atoms with Gasteiger partial charge in [0.15, 0.2) is 5.96 Å². The summed E-state index contributed by atoms with van der Waals surface area (Å²) in [7, 11) is 0. The van der Waals surface area contributed by atoms with E-state index in [1.54, 1.807) is 0 Å². The van der Waals surface area contributed by atoms with E-state index in [1.807, 2.05) is 6.92 Å². The molecule has 0 amide bonds. The van der Waals surface area contributed by atoms with Crippen LogP contribution in [0.15, 0.2) is 17.1 Å². The number of aryl methyl sites for hydroxylation is 5. The average molecular weight is 369 g/mol. The van der Waals surface area contributed by atoms with Gasteiger partial charge in [-0.15, -0.1) is 10.2 Å². The monoisotopic (exact) mass is 368 g/mol. The first kappa shape index (κ1) is 19.4. The van der Waals surface area contributed by atoms with Gasteiger partial charge in [0.25, 0.3) is 0 Å². The summed E-state index contributed by atoms with van der Waals surface area (Å²) in [6, 6.07) is 4.47. The molecule has 0 fully saturated rings. The lowest BCUT2D eigenvalue weighted by Crippen LogP contribution is -2.41. The molecule has 146 valence electrons. The largest absolute Gasteiger partial charge is 0.357 e. The third-order valence-electron chi connectivity index (χ3n) is 5.37. The fraction of sp³-hybridized carbons (Fsp3) is 0.571. The highest BCUT2D eigenvalue weighted by Gasteiger charge is 2.21. The summed E-state index contributed by atoms with van der Waals surface area (Å²) in [5.74, 6) is 3.59. The van der Waals surface area contributed by atoms with Crippen LogP contribution in [0.3, 0.4) is 0 Å². The van der Waals surface area contributed by atoms with Crippen LogP contribution in [-0.4, -0.2) is 33.8 Å². The lowest BCUT2D eigenvalue weighted by Gasteiger charge is -2.25. The summed E-state index contributed by atoms with van der Waals surface area (Å²) in [5, 5.41) is 15.4. The molecule has 2 N–H and O–H groups in total. The molecule has 1 aromatic heterocycles. The number of hydrogen-bond donors (Lipinski definition) is 2. The zero-order chi connectivity index (χ0) is 19.4. The summed E-state index contributed by atoms with van der Waals surface area (Å²) >= 11 is 0. The van der Waals surface area contributed by atoms with Crippen molar-refractivity contribution >= 4 is 5.96 Å². The van der Waals surface area contributed by atoms with Crippen LogP contribution < -0.4 is 10.6 Å². The summed E-state index contributed by atoms with van der Waals surface area (Å²) in [6.45, 7) is 14.1. The van der Waals surface area contributed by atoms with Gasteiger partial charge in [0, 0.05) is 26.1 Å². The minimum absolute atomic E-state index is 0.568. The third kappa shape index (κ3) is 4.67. The summed E-state index contributed by atoms with van der Waals surface area (Å²) in [4.78, 5) is 4.83. The van der Waals surface area contributed by atoms with Gasteiger partial charge in [0.05, 0.1) is 6.54 Å². The Kier molecular flexibility index (Phi) is 6.14. The van der Waals surface area contributed by atoms with E-state index >= 15 is 0 Å². The third-order valence-corrected chi connectivity index (χ3v) is 5.37. The molecule has 27 heavy (non-hydrogen) atoms. The van der Waals surface area contributed by atoms with E-state index in [1.165, 1.54) is 22.3 Å². The molecule has 6 nitrogen and oxygen atoms in total. The van der Waals surface area contributed by atoms with Crippen molar-refractivity contribution in [2.75, 3.05) is 13.1 Å². The van der Waals surface area contributed by atoms with Crippen molar-refractivity contribution in [3.05, 3.63) is 46.0 Å². The normalized spacial score (nSPS) is 16.9. The quantitative estimate of drug-likeness (QED) is 0.629. The Morgan fingerprint density at radius 1 is 1.15 bits per heavy atom. The molecular formula is C21H32N6. The minimum Gasteiger partial charge on any atom is -0.357 e. The highest BCUT2D eigenvalue weighted by Crippen LogP contribution is 2.19. The number of hydrogen-bond acceptors (Lipinski definition) is 3. The second-order valence-corrected chi connectivity index (χ2v) is 7.63. The molecule has 6 heteroatoms. The van der Waals surface area contributed by atoms with E-state index in [4.69, 9.17) is 4.99 Å². The number of benzene rings is 1. The van der Waals surface area contributed by atoms with E-state index in [0.717, 1.165) is 50.1 Å². The van der Waals surface area contributed by atoms with Crippen molar-refractivity contribution in [2.24, 2.45) is 10.9 Å². The fourth-order valence-electron chi connectivity index (χ4n) is 3.90.